The van der Waals surface area contributed by atoms with E-state index < -0.39 is 0 Å². The first-order valence-electron chi connectivity index (χ1n) is 5.69. The van der Waals surface area contributed by atoms with Gasteiger partial charge in [0.1, 0.15) is 0 Å². The van der Waals surface area contributed by atoms with Gasteiger partial charge < -0.3 is 9.84 Å². The number of hydrogen-bond donors (Lipinski definition) is 1. The average molecular weight is 226 g/mol. The Balaban J connectivity index is 2.18. The van der Waals surface area contributed by atoms with Crippen LogP contribution >= 0.6 is 11.3 Å². The highest BCUT2D eigenvalue weighted by atomic mass is 32.1. The molecule has 3 heteroatoms. The van der Waals surface area contributed by atoms with Gasteiger partial charge in [0.25, 0.3) is 0 Å². The molecule has 15 heavy (non-hydrogen) atoms. The molecule has 1 N–H and O–H groups in total. The summed E-state index contributed by atoms with van der Waals surface area (Å²) in [6.07, 6.45) is 4.67. The minimum absolute atomic E-state index is 0.249. The fourth-order valence-corrected chi connectivity index (χ4v) is 3.43. The van der Waals surface area contributed by atoms with Gasteiger partial charge in [0, 0.05) is 29.4 Å². The van der Waals surface area contributed by atoms with Crippen LogP contribution in [-0.2, 0) is 17.6 Å². The van der Waals surface area contributed by atoms with E-state index >= 15 is 0 Å². The van der Waals surface area contributed by atoms with Gasteiger partial charge in [-0.25, -0.2) is 0 Å². The molecule has 2 rings (SSSR count). The highest BCUT2D eigenvalue weighted by Crippen LogP contribution is 2.37. The lowest BCUT2D eigenvalue weighted by Gasteiger charge is -2.22. The maximum absolute atomic E-state index is 8.93. The Morgan fingerprint density at radius 1 is 1.60 bits per heavy atom. The van der Waals surface area contributed by atoms with Gasteiger partial charge in [0.05, 0.1) is 6.10 Å². The first-order valence-corrected chi connectivity index (χ1v) is 6.50. The van der Waals surface area contributed by atoms with E-state index in [9.17, 15) is 0 Å². The summed E-state index contributed by atoms with van der Waals surface area (Å²) in [6, 6.07) is 2.23. The molecule has 1 atom stereocenters. The number of aliphatic hydroxyl groups excluding tert-OH is 1. The summed E-state index contributed by atoms with van der Waals surface area (Å²) < 4.78 is 5.74. The normalized spacial score (nSPS) is 20.3. The van der Waals surface area contributed by atoms with Gasteiger partial charge in [-0.3, -0.25) is 0 Å². The summed E-state index contributed by atoms with van der Waals surface area (Å²) >= 11 is 1.85. The van der Waals surface area contributed by atoms with Crippen LogP contribution in [0.2, 0.25) is 0 Å². The van der Waals surface area contributed by atoms with Crippen LogP contribution in [0.25, 0.3) is 0 Å². The maximum atomic E-state index is 8.93. The average Bonchev–Trinajstić information content (AvgIpc) is 2.62. The molecule has 0 aliphatic heterocycles. The van der Waals surface area contributed by atoms with Gasteiger partial charge in [-0.05, 0) is 37.8 Å². The molecular weight excluding hydrogens is 208 g/mol. The lowest BCUT2D eigenvalue weighted by molar-refractivity contribution is 0.0506. The van der Waals surface area contributed by atoms with Gasteiger partial charge in [-0.2, -0.15) is 0 Å². The minimum Gasteiger partial charge on any atom is -0.396 e. The Morgan fingerprint density at radius 2 is 2.47 bits per heavy atom. The Kier molecular flexibility index (Phi) is 3.78. The molecule has 1 heterocycles. The second-order valence-electron chi connectivity index (χ2n) is 3.90. The Morgan fingerprint density at radius 3 is 3.20 bits per heavy atom. The third kappa shape index (κ3) is 2.41. The quantitative estimate of drug-likeness (QED) is 0.855. The van der Waals surface area contributed by atoms with Gasteiger partial charge in [-0.1, -0.05) is 0 Å². The molecule has 0 fully saturated rings. The molecule has 2 nitrogen and oxygen atoms in total. The minimum atomic E-state index is 0.249. The van der Waals surface area contributed by atoms with E-state index in [-0.39, 0.29) is 6.61 Å². The summed E-state index contributed by atoms with van der Waals surface area (Å²) in [5.41, 5.74) is 1.39. The zero-order chi connectivity index (χ0) is 10.7. The lowest BCUT2D eigenvalue weighted by atomic mass is 9.96. The Labute approximate surface area is 94.9 Å². The van der Waals surface area contributed by atoms with E-state index in [0.29, 0.717) is 6.10 Å². The predicted molar refractivity (Wildman–Crippen MR) is 62.4 cm³/mol. The second kappa shape index (κ2) is 5.10. The zero-order valence-electron chi connectivity index (χ0n) is 9.16. The van der Waals surface area contributed by atoms with Gasteiger partial charge in [0.15, 0.2) is 0 Å². The van der Waals surface area contributed by atoms with Gasteiger partial charge in [0.2, 0.25) is 0 Å². The van der Waals surface area contributed by atoms with Crippen molar-refractivity contribution < 1.29 is 9.84 Å². The third-order valence-electron chi connectivity index (χ3n) is 2.84. The third-order valence-corrected chi connectivity index (χ3v) is 4.11. The molecule has 1 aromatic heterocycles. The predicted octanol–water partition coefficient (Wildman–Crippen LogP) is 2.70. The summed E-state index contributed by atoms with van der Waals surface area (Å²) in [5, 5.41) is 8.93. The fraction of sp³-hybridized carbons (Fsp3) is 0.667. The van der Waals surface area contributed by atoms with Crippen molar-refractivity contribution in [3.05, 3.63) is 21.4 Å². The first-order chi connectivity index (χ1) is 7.35. The Hall–Kier alpha value is -0.380. The highest BCUT2D eigenvalue weighted by molar-refractivity contribution is 7.12. The number of aliphatic hydroxyl groups is 1. The maximum Gasteiger partial charge on any atom is 0.0835 e. The molecule has 0 amide bonds. The fourth-order valence-electron chi connectivity index (χ4n) is 2.18. The molecule has 0 bridgehead atoms. The second-order valence-corrected chi connectivity index (χ2v) is 5.12. The van der Waals surface area contributed by atoms with Crippen LogP contribution in [0.4, 0.5) is 0 Å². The van der Waals surface area contributed by atoms with E-state index in [2.05, 4.69) is 13.0 Å². The SMILES string of the molecule is CCOC1CCCc2sc(CCO)cc21. The molecule has 84 valence electrons. The molecule has 0 saturated carbocycles. The number of rotatable bonds is 4. The van der Waals surface area contributed by atoms with Crippen molar-refractivity contribution >= 4 is 11.3 Å². The van der Waals surface area contributed by atoms with Crippen molar-refractivity contribution in [3.8, 4) is 0 Å². The molecule has 0 spiro atoms. The van der Waals surface area contributed by atoms with Crippen molar-refractivity contribution in [2.45, 2.75) is 38.7 Å². The molecule has 1 unspecified atom stereocenters. The summed E-state index contributed by atoms with van der Waals surface area (Å²) in [6.45, 7) is 3.09. The number of hydrogen-bond acceptors (Lipinski definition) is 3. The standard InChI is InChI=1S/C12H18O2S/c1-2-14-11-4-3-5-12-10(11)8-9(15-12)6-7-13/h8,11,13H,2-7H2,1H3. The topological polar surface area (TPSA) is 29.5 Å². The van der Waals surface area contributed by atoms with Gasteiger partial charge >= 0.3 is 0 Å². The first kappa shape index (κ1) is 11.1. The van der Waals surface area contributed by atoms with E-state index in [0.717, 1.165) is 19.4 Å². The molecule has 1 aliphatic carbocycles. The van der Waals surface area contributed by atoms with Gasteiger partial charge in [-0.15, -0.1) is 11.3 Å². The van der Waals surface area contributed by atoms with E-state index in [1.165, 1.54) is 28.2 Å². The van der Waals surface area contributed by atoms with E-state index in [1.54, 1.807) is 0 Å². The number of fused-ring (bicyclic) bond motifs is 1. The van der Waals surface area contributed by atoms with Crippen LogP contribution in [0.15, 0.2) is 6.07 Å². The molecule has 1 aliphatic rings. The van der Waals surface area contributed by atoms with Crippen LogP contribution in [-0.4, -0.2) is 18.3 Å². The molecule has 0 saturated heterocycles. The van der Waals surface area contributed by atoms with Crippen molar-refractivity contribution in [2.75, 3.05) is 13.2 Å². The Bertz CT molecular complexity index is 319. The summed E-state index contributed by atoms with van der Waals surface area (Å²) in [4.78, 5) is 2.78. The van der Waals surface area contributed by atoms with Crippen molar-refractivity contribution in [1.29, 1.82) is 0 Å². The lowest BCUT2D eigenvalue weighted by Crippen LogP contribution is -2.10. The number of ether oxygens (including phenoxy) is 1. The zero-order valence-corrected chi connectivity index (χ0v) is 9.98. The summed E-state index contributed by atoms with van der Waals surface area (Å²) in [5.74, 6) is 0. The van der Waals surface area contributed by atoms with Crippen LogP contribution in [0, 0.1) is 0 Å². The van der Waals surface area contributed by atoms with Crippen molar-refractivity contribution in [3.63, 3.8) is 0 Å². The van der Waals surface area contributed by atoms with E-state index in [4.69, 9.17) is 9.84 Å². The smallest absolute Gasteiger partial charge is 0.0835 e. The monoisotopic (exact) mass is 226 g/mol. The van der Waals surface area contributed by atoms with Crippen LogP contribution in [0.3, 0.4) is 0 Å². The number of thiophene rings is 1. The largest absolute Gasteiger partial charge is 0.396 e. The van der Waals surface area contributed by atoms with Crippen molar-refractivity contribution in [1.82, 2.24) is 0 Å². The molecule has 1 aromatic rings. The molecule has 0 radical (unpaired) electrons. The summed E-state index contributed by atoms with van der Waals surface area (Å²) in [7, 11) is 0. The molecule has 0 aromatic carbocycles. The number of aryl methyl sites for hydroxylation is 1. The van der Waals surface area contributed by atoms with Crippen LogP contribution in [0.5, 0.6) is 0 Å². The van der Waals surface area contributed by atoms with Crippen LogP contribution < -0.4 is 0 Å². The molecular formula is C12H18O2S. The van der Waals surface area contributed by atoms with E-state index in [1.807, 2.05) is 11.3 Å². The highest BCUT2D eigenvalue weighted by Gasteiger charge is 2.22. The van der Waals surface area contributed by atoms with Crippen LogP contribution in [0.1, 0.15) is 41.2 Å². The van der Waals surface area contributed by atoms with Crippen molar-refractivity contribution in [2.24, 2.45) is 0 Å².